The first-order valence-corrected chi connectivity index (χ1v) is 10.2. The smallest absolute Gasteiger partial charge is 0.309 e. The number of ketones is 1. The predicted octanol–water partition coefficient (Wildman–Crippen LogP) is 0.691. The van der Waals surface area contributed by atoms with E-state index >= 15 is 0 Å². The molecule has 0 amide bonds. The van der Waals surface area contributed by atoms with E-state index in [9.17, 15) is 19.8 Å². The van der Waals surface area contributed by atoms with E-state index in [1.165, 1.54) is 14.0 Å². The molecule has 4 unspecified atom stereocenters. The van der Waals surface area contributed by atoms with Crippen LogP contribution in [0.1, 0.15) is 40.0 Å². The minimum absolute atomic E-state index is 0.0461. The zero-order valence-corrected chi connectivity index (χ0v) is 17.1. The molecule has 0 bridgehead atoms. The van der Waals surface area contributed by atoms with Gasteiger partial charge < -0.3 is 29.2 Å². The fourth-order valence-corrected chi connectivity index (χ4v) is 7.34. The Morgan fingerprint density at radius 3 is 2.59 bits per heavy atom. The quantitative estimate of drug-likeness (QED) is 0.610. The van der Waals surface area contributed by atoms with Crippen molar-refractivity contribution in [2.24, 2.45) is 22.7 Å². The van der Waals surface area contributed by atoms with Gasteiger partial charge in [0.15, 0.2) is 5.76 Å². The molecule has 8 heteroatoms. The van der Waals surface area contributed by atoms with Crippen molar-refractivity contribution >= 4 is 11.8 Å². The lowest BCUT2D eigenvalue weighted by Crippen LogP contribution is -2.84. The first kappa shape index (κ1) is 19.5. The fraction of sp³-hybridized carbons (Fsp3) is 0.810. The standard InChI is InChI=1S/C21H28O8/c1-18-10(5-6-11(26-4)16(18)23)7-12-19(2)15(18)14-17(28-9-27-14)20(3,24)21(19,25)8-13(22)29-12/h6,10,12,14-15,17,24-25H,5,7-9H2,1-4H3/t10?,12-,14?,15?,17?,18+,19-,20-,21+/m1/s1. The molecule has 5 aliphatic rings. The molecule has 2 heterocycles. The second-order valence-electron chi connectivity index (χ2n) is 9.81. The number of aliphatic hydroxyl groups is 2. The summed E-state index contributed by atoms with van der Waals surface area (Å²) in [6.45, 7) is 5.16. The van der Waals surface area contributed by atoms with E-state index in [0.29, 0.717) is 18.6 Å². The number of rotatable bonds is 1. The summed E-state index contributed by atoms with van der Waals surface area (Å²) in [4.78, 5) is 26.1. The molecule has 8 nitrogen and oxygen atoms in total. The van der Waals surface area contributed by atoms with Crippen LogP contribution in [0.15, 0.2) is 11.8 Å². The Balaban J connectivity index is 1.77. The molecule has 5 rings (SSSR count). The maximum Gasteiger partial charge on any atom is 0.309 e. The van der Waals surface area contributed by atoms with Crippen molar-refractivity contribution in [3.05, 3.63) is 11.8 Å². The van der Waals surface area contributed by atoms with Crippen molar-refractivity contribution < 1.29 is 38.7 Å². The van der Waals surface area contributed by atoms with E-state index < -0.39 is 52.2 Å². The number of esters is 1. The molecular weight excluding hydrogens is 380 g/mol. The number of carbonyl (C=O) groups is 2. The van der Waals surface area contributed by atoms with Gasteiger partial charge in [-0.05, 0) is 31.8 Å². The summed E-state index contributed by atoms with van der Waals surface area (Å²) in [6, 6.07) is 0. The Labute approximate surface area is 169 Å². The van der Waals surface area contributed by atoms with Crippen LogP contribution in [0.3, 0.4) is 0 Å². The number of carbonyl (C=O) groups excluding carboxylic acids is 2. The van der Waals surface area contributed by atoms with E-state index in [-0.39, 0.29) is 24.9 Å². The molecule has 2 aliphatic heterocycles. The highest BCUT2D eigenvalue weighted by Gasteiger charge is 2.82. The van der Waals surface area contributed by atoms with Crippen LogP contribution in [0.25, 0.3) is 0 Å². The topological polar surface area (TPSA) is 112 Å². The molecule has 29 heavy (non-hydrogen) atoms. The van der Waals surface area contributed by atoms with E-state index in [0.717, 1.165) is 0 Å². The first-order valence-electron chi connectivity index (χ1n) is 10.2. The highest BCUT2D eigenvalue weighted by Crippen LogP contribution is 2.70. The van der Waals surface area contributed by atoms with E-state index in [1.54, 1.807) is 6.08 Å². The molecule has 9 atom stereocenters. The Hall–Kier alpha value is -1.48. The summed E-state index contributed by atoms with van der Waals surface area (Å²) in [5.41, 5.74) is -5.60. The van der Waals surface area contributed by atoms with Crippen LogP contribution in [0.5, 0.6) is 0 Å². The minimum Gasteiger partial charge on any atom is -0.493 e. The SMILES string of the molecule is COC1=CCC2C[C@H]3OC(=O)C[C@]4(O)[C@@]3(C)C(C3OCOC3[C@@]4(C)O)[C@@]2(C)C1=O. The Morgan fingerprint density at radius 2 is 1.90 bits per heavy atom. The second-order valence-corrected chi connectivity index (χ2v) is 9.81. The van der Waals surface area contributed by atoms with Crippen molar-refractivity contribution in [3.8, 4) is 0 Å². The van der Waals surface area contributed by atoms with Crippen molar-refractivity contribution in [2.75, 3.05) is 13.9 Å². The van der Waals surface area contributed by atoms with Crippen LogP contribution in [0.4, 0.5) is 0 Å². The normalized spacial score (nSPS) is 55.9. The zero-order chi connectivity index (χ0) is 21.0. The third kappa shape index (κ3) is 1.95. The van der Waals surface area contributed by atoms with Crippen molar-refractivity contribution in [1.82, 2.24) is 0 Å². The molecule has 0 aromatic heterocycles. The van der Waals surface area contributed by atoms with Gasteiger partial charge in [0.2, 0.25) is 5.78 Å². The van der Waals surface area contributed by atoms with Crippen LogP contribution in [-0.2, 0) is 28.5 Å². The van der Waals surface area contributed by atoms with Gasteiger partial charge in [-0.15, -0.1) is 0 Å². The summed E-state index contributed by atoms with van der Waals surface area (Å²) >= 11 is 0. The van der Waals surface area contributed by atoms with Gasteiger partial charge in [0.05, 0.1) is 19.6 Å². The average molecular weight is 408 g/mol. The Kier molecular flexibility index (Phi) is 3.76. The van der Waals surface area contributed by atoms with Crippen LogP contribution >= 0.6 is 0 Å². The van der Waals surface area contributed by atoms with Gasteiger partial charge in [-0.2, -0.15) is 0 Å². The molecule has 4 fully saturated rings. The van der Waals surface area contributed by atoms with Crippen LogP contribution in [-0.4, -0.2) is 65.4 Å². The molecule has 2 saturated heterocycles. The largest absolute Gasteiger partial charge is 0.493 e. The van der Waals surface area contributed by atoms with Crippen molar-refractivity contribution in [2.45, 2.75) is 69.5 Å². The number of methoxy groups -OCH3 is 1. The molecular formula is C21H28O8. The molecule has 2 saturated carbocycles. The summed E-state index contributed by atoms with van der Waals surface area (Å²) < 4.78 is 22.8. The van der Waals surface area contributed by atoms with Crippen molar-refractivity contribution in [1.29, 1.82) is 0 Å². The monoisotopic (exact) mass is 408 g/mol. The number of hydrogen-bond donors (Lipinski definition) is 2. The third-order valence-corrected chi connectivity index (χ3v) is 8.92. The summed E-state index contributed by atoms with van der Waals surface area (Å²) in [6.07, 6.45) is 0.317. The van der Waals surface area contributed by atoms with Crippen molar-refractivity contribution in [3.63, 3.8) is 0 Å². The van der Waals surface area contributed by atoms with Crippen LogP contribution < -0.4 is 0 Å². The van der Waals surface area contributed by atoms with E-state index in [1.807, 2.05) is 13.8 Å². The highest BCUT2D eigenvalue weighted by atomic mass is 16.7. The molecule has 0 spiro atoms. The van der Waals surface area contributed by atoms with E-state index in [4.69, 9.17) is 18.9 Å². The van der Waals surface area contributed by atoms with Gasteiger partial charge in [0, 0.05) is 16.7 Å². The second kappa shape index (κ2) is 5.60. The van der Waals surface area contributed by atoms with Gasteiger partial charge >= 0.3 is 5.97 Å². The summed E-state index contributed by atoms with van der Waals surface area (Å²) in [5.74, 6) is -1.04. The summed E-state index contributed by atoms with van der Waals surface area (Å²) in [5, 5.41) is 23.5. The third-order valence-electron chi connectivity index (χ3n) is 8.92. The van der Waals surface area contributed by atoms with Crippen LogP contribution in [0.2, 0.25) is 0 Å². The number of allylic oxidation sites excluding steroid dienone is 2. The molecule has 3 aliphatic carbocycles. The van der Waals surface area contributed by atoms with Crippen LogP contribution in [0, 0.1) is 22.7 Å². The molecule has 0 radical (unpaired) electrons. The molecule has 2 N–H and O–H groups in total. The Morgan fingerprint density at radius 1 is 1.17 bits per heavy atom. The molecule has 160 valence electrons. The first-order chi connectivity index (χ1) is 13.5. The molecule has 0 aromatic carbocycles. The number of Topliss-reactive ketones (excluding diaryl/α,β-unsaturated/α-hetero) is 1. The predicted molar refractivity (Wildman–Crippen MR) is 97.2 cm³/mol. The minimum atomic E-state index is -1.83. The maximum atomic E-state index is 13.6. The number of hydrogen-bond acceptors (Lipinski definition) is 8. The summed E-state index contributed by atoms with van der Waals surface area (Å²) in [7, 11) is 1.48. The highest BCUT2D eigenvalue weighted by molar-refractivity contribution is 5.99. The maximum absolute atomic E-state index is 13.6. The number of ether oxygens (including phenoxy) is 4. The van der Waals surface area contributed by atoms with Gasteiger partial charge in [0.1, 0.15) is 30.2 Å². The van der Waals surface area contributed by atoms with Gasteiger partial charge in [-0.1, -0.05) is 13.8 Å². The lowest BCUT2D eigenvalue weighted by atomic mass is 9.37. The van der Waals surface area contributed by atoms with Gasteiger partial charge in [0.25, 0.3) is 0 Å². The lowest BCUT2D eigenvalue weighted by Gasteiger charge is -2.71. The number of fused-ring (bicyclic) bond motifs is 4. The van der Waals surface area contributed by atoms with Gasteiger partial charge in [-0.25, -0.2) is 0 Å². The van der Waals surface area contributed by atoms with E-state index in [2.05, 4.69) is 0 Å². The fourth-order valence-electron chi connectivity index (χ4n) is 7.34. The lowest BCUT2D eigenvalue weighted by molar-refractivity contribution is -0.353. The molecule has 0 aromatic rings. The zero-order valence-electron chi connectivity index (χ0n) is 17.1. The Bertz CT molecular complexity index is 819. The van der Waals surface area contributed by atoms with Gasteiger partial charge in [-0.3, -0.25) is 9.59 Å². The average Bonchev–Trinajstić information content (AvgIpc) is 3.12.